The van der Waals surface area contributed by atoms with Crippen molar-refractivity contribution in [1.29, 1.82) is 0 Å². The van der Waals surface area contributed by atoms with Crippen LogP contribution in [0, 0.1) is 11.8 Å². The molecule has 2 bridgehead atoms. The van der Waals surface area contributed by atoms with Crippen LogP contribution in [0.25, 0.3) is 11.1 Å². The predicted molar refractivity (Wildman–Crippen MR) is 126 cm³/mol. The first-order valence-corrected chi connectivity index (χ1v) is 11.7. The fourth-order valence-electron chi connectivity index (χ4n) is 5.58. The number of pyridine rings is 2. The third kappa shape index (κ3) is 4.42. The van der Waals surface area contributed by atoms with Crippen molar-refractivity contribution in [3.05, 3.63) is 88.6 Å². The normalized spacial score (nSPS) is 23.3. The van der Waals surface area contributed by atoms with Crippen LogP contribution in [0.3, 0.4) is 0 Å². The van der Waals surface area contributed by atoms with Gasteiger partial charge in [-0.05, 0) is 23.8 Å². The van der Waals surface area contributed by atoms with Crippen LogP contribution in [0.5, 0.6) is 0 Å². The molecule has 2 aliphatic heterocycles. The van der Waals surface area contributed by atoms with Gasteiger partial charge in [0, 0.05) is 60.9 Å². The summed E-state index contributed by atoms with van der Waals surface area (Å²) in [6, 6.07) is 15.3. The Bertz CT molecular complexity index is 1300. The van der Waals surface area contributed by atoms with Gasteiger partial charge in [-0.3, -0.25) is 19.5 Å². The molecule has 0 saturated carbocycles. The van der Waals surface area contributed by atoms with Crippen molar-refractivity contribution < 1.29 is 23.1 Å². The summed E-state index contributed by atoms with van der Waals surface area (Å²) >= 11 is 0. The van der Waals surface area contributed by atoms with E-state index in [0.29, 0.717) is 23.4 Å². The lowest BCUT2D eigenvalue weighted by Gasteiger charge is -2.38. The number of amides is 1. The second kappa shape index (κ2) is 9.51. The summed E-state index contributed by atoms with van der Waals surface area (Å²) in [4.78, 5) is 32.8. The maximum absolute atomic E-state index is 13.5. The second-order valence-electron chi connectivity index (χ2n) is 9.20. The van der Waals surface area contributed by atoms with Gasteiger partial charge in [0.1, 0.15) is 6.54 Å². The highest BCUT2D eigenvalue weighted by Gasteiger charge is 2.55. The molecule has 0 radical (unpaired) electrons. The highest BCUT2D eigenvalue weighted by atomic mass is 19.4. The van der Waals surface area contributed by atoms with E-state index >= 15 is 0 Å². The van der Waals surface area contributed by atoms with Crippen LogP contribution in [0.1, 0.15) is 17.3 Å². The summed E-state index contributed by atoms with van der Waals surface area (Å²) in [5, 5.41) is 12.3. The minimum absolute atomic E-state index is 0.208. The van der Waals surface area contributed by atoms with E-state index in [0.717, 1.165) is 5.56 Å². The Morgan fingerprint density at radius 2 is 1.89 bits per heavy atom. The average Bonchev–Trinajstić information content (AvgIpc) is 3.07. The standard InChI is InChI=1S/C26H25F3N4O3/c27-26(28,29)15-31-24(35)22-19(14-34)21-13-33-20(23(22)32(21)12-16-5-2-1-3-6-16)9-8-18(25(33)36)17-7-4-10-30-11-17/h1-11,19,21-23,34H,12-15H2,(H,31,35)/t19-,21-,22+,23+/m0/s1. The minimum atomic E-state index is -4.56. The molecule has 1 aromatic carbocycles. The first kappa shape index (κ1) is 24.2. The van der Waals surface area contributed by atoms with E-state index in [2.05, 4.69) is 4.98 Å². The number of nitrogens with one attached hydrogen (secondary N) is 1. The van der Waals surface area contributed by atoms with Crippen LogP contribution < -0.4 is 10.9 Å². The van der Waals surface area contributed by atoms with Crippen LogP contribution in [0.4, 0.5) is 13.2 Å². The Kier molecular flexibility index (Phi) is 6.40. The molecule has 5 rings (SSSR count). The lowest BCUT2D eigenvalue weighted by Crippen LogP contribution is -2.46. The number of carbonyl (C=O) groups is 1. The van der Waals surface area contributed by atoms with E-state index in [1.54, 1.807) is 41.2 Å². The van der Waals surface area contributed by atoms with E-state index in [-0.39, 0.29) is 12.1 Å². The zero-order valence-corrected chi connectivity index (χ0v) is 19.2. The largest absolute Gasteiger partial charge is 0.405 e. The Morgan fingerprint density at radius 3 is 2.56 bits per heavy atom. The Hall–Kier alpha value is -3.50. The van der Waals surface area contributed by atoms with E-state index in [4.69, 9.17) is 0 Å². The zero-order chi connectivity index (χ0) is 25.4. The van der Waals surface area contributed by atoms with Crippen LogP contribution in [-0.2, 0) is 17.9 Å². The van der Waals surface area contributed by atoms with Crippen molar-refractivity contribution in [1.82, 2.24) is 19.8 Å². The average molecular weight is 499 g/mol. The van der Waals surface area contributed by atoms with Gasteiger partial charge < -0.3 is 15.0 Å². The first-order valence-electron chi connectivity index (χ1n) is 11.7. The number of halogens is 3. The Balaban J connectivity index is 1.59. The molecule has 2 aromatic heterocycles. The number of benzene rings is 1. The van der Waals surface area contributed by atoms with Crippen molar-refractivity contribution in [2.75, 3.05) is 13.2 Å². The van der Waals surface area contributed by atoms with Gasteiger partial charge in [0.2, 0.25) is 5.91 Å². The maximum atomic E-state index is 13.5. The fourth-order valence-corrected chi connectivity index (χ4v) is 5.58. The molecule has 188 valence electrons. The molecule has 1 saturated heterocycles. The van der Waals surface area contributed by atoms with Crippen LogP contribution in [0.15, 0.2) is 71.8 Å². The van der Waals surface area contributed by atoms with Gasteiger partial charge in [0.25, 0.3) is 5.56 Å². The molecule has 3 aromatic rings. The van der Waals surface area contributed by atoms with Gasteiger partial charge in [-0.15, -0.1) is 0 Å². The number of alkyl halides is 3. The molecule has 2 aliphatic rings. The first-order chi connectivity index (χ1) is 17.3. The van der Waals surface area contributed by atoms with Gasteiger partial charge >= 0.3 is 6.18 Å². The summed E-state index contributed by atoms with van der Waals surface area (Å²) in [7, 11) is 0. The molecular weight excluding hydrogens is 473 g/mol. The number of aromatic nitrogens is 2. The molecule has 1 amide bonds. The number of aliphatic hydroxyl groups excluding tert-OH is 1. The van der Waals surface area contributed by atoms with E-state index in [1.807, 2.05) is 40.5 Å². The number of hydrogen-bond acceptors (Lipinski definition) is 5. The Labute approximate surface area is 205 Å². The zero-order valence-electron chi connectivity index (χ0n) is 19.2. The molecule has 0 unspecified atom stereocenters. The summed E-state index contributed by atoms with van der Waals surface area (Å²) < 4.78 is 40.3. The molecule has 0 aliphatic carbocycles. The molecule has 36 heavy (non-hydrogen) atoms. The van der Waals surface area contributed by atoms with Crippen molar-refractivity contribution in [2.24, 2.45) is 11.8 Å². The summed E-state index contributed by atoms with van der Waals surface area (Å²) in [5.74, 6) is -2.38. The number of fused-ring (bicyclic) bond motifs is 4. The fraction of sp³-hybridized carbons (Fsp3) is 0.346. The number of aliphatic hydroxyl groups is 1. The smallest absolute Gasteiger partial charge is 0.396 e. The molecule has 10 heteroatoms. The minimum Gasteiger partial charge on any atom is -0.396 e. The van der Waals surface area contributed by atoms with Crippen molar-refractivity contribution in [2.45, 2.75) is 31.3 Å². The van der Waals surface area contributed by atoms with Gasteiger partial charge in [0.05, 0.1) is 12.0 Å². The summed E-state index contributed by atoms with van der Waals surface area (Å²) in [5.41, 5.74) is 2.34. The van der Waals surface area contributed by atoms with Gasteiger partial charge in [-0.25, -0.2) is 0 Å². The van der Waals surface area contributed by atoms with E-state index in [9.17, 15) is 27.9 Å². The van der Waals surface area contributed by atoms with Gasteiger partial charge in [-0.1, -0.05) is 36.4 Å². The van der Waals surface area contributed by atoms with Crippen molar-refractivity contribution in [3.8, 4) is 11.1 Å². The summed E-state index contributed by atoms with van der Waals surface area (Å²) in [6.45, 7) is -1.22. The Morgan fingerprint density at radius 1 is 1.11 bits per heavy atom. The quantitative estimate of drug-likeness (QED) is 0.546. The molecule has 4 atom stereocenters. The highest BCUT2D eigenvalue weighted by molar-refractivity contribution is 5.81. The highest BCUT2D eigenvalue weighted by Crippen LogP contribution is 2.49. The number of rotatable bonds is 6. The summed E-state index contributed by atoms with van der Waals surface area (Å²) in [6.07, 6.45) is -1.36. The topological polar surface area (TPSA) is 87.5 Å². The second-order valence-corrected chi connectivity index (χ2v) is 9.20. The molecular formula is C26H25F3N4O3. The monoisotopic (exact) mass is 498 g/mol. The number of hydrogen-bond donors (Lipinski definition) is 2. The maximum Gasteiger partial charge on any atom is 0.405 e. The number of carbonyl (C=O) groups excluding carboxylic acids is 1. The van der Waals surface area contributed by atoms with Gasteiger partial charge in [0.15, 0.2) is 0 Å². The predicted octanol–water partition coefficient (Wildman–Crippen LogP) is 2.75. The van der Waals surface area contributed by atoms with Crippen molar-refractivity contribution >= 4 is 5.91 Å². The molecule has 7 nitrogen and oxygen atoms in total. The van der Waals surface area contributed by atoms with Crippen LogP contribution in [0.2, 0.25) is 0 Å². The lowest BCUT2D eigenvalue weighted by atomic mass is 9.86. The van der Waals surface area contributed by atoms with E-state index < -0.39 is 49.2 Å². The van der Waals surface area contributed by atoms with Crippen molar-refractivity contribution in [3.63, 3.8) is 0 Å². The third-order valence-electron chi connectivity index (χ3n) is 7.12. The van der Waals surface area contributed by atoms with E-state index in [1.165, 1.54) is 0 Å². The lowest BCUT2D eigenvalue weighted by molar-refractivity contribution is -0.142. The molecule has 0 spiro atoms. The molecule has 1 fully saturated rings. The van der Waals surface area contributed by atoms with Crippen LogP contribution in [-0.4, -0.2) is 50.8 Å². The molecule has 2 N–H and O–H groups in total. The molecule has 4 heterocycles. The number of nitrogens with zero attached hydrogens (tertiary/aromatic N) is 3. The SMILES string of the molecule is O=C(NCC(F)(F)F)[C@@H]1[C@@H](CO)[C@@H]2Cn3c(ccc(-c4cccnc4)c3=O)[C@H]1N2Cc1ccccc1. The third-order valence-corrected chi connectivity index (χ3v) is 7.12. The van der Waals surface area contributed by atoms with Crippen LogP contribution >= 0.6 is 0 Å². The van der Waals surface area contributed by atoms with Gasteiger partial charge in [-0.2, -0.15) is 13.2 Å².